The molecule has 1 aliphatic heterocycles. The van der Waals surface area contributed by atoms with Gasteiger partial charge in [0.25, 0.3) is 15.9 Å². The molecule has 1 atom stereocenters. The number of nitro groups is 1. The summed E-state index contributed by atoms with van der Waals surface area (Å²) in [5.41, 5.74) is 0.953. The van der Waals surface area contributed by atoms with E-state index in [9.17, 15) is 23.3 Å². The molecule has 1 N–H and O–H groups in total. The van der Waals surface area contributed by atoms with Crippen LogP contribution in [-0.2, 0) is 21.5 Å². The molecular formula is C11H13N3O5S. The molecule has 0 radical (unpaired) electrons. The standard InChI is InChI=1S/C11H13N3O5S/c1-8-2-3-11(14(16)17)9(4-8)5-13-6-10(7-15)12-20(13,18)19/h2-4,7,10,12H,5-6H2,1H3. The predicted octanol–water partition coefficient (Wildman–Crippen LogP) is 0.121. The molecule has 0 saturated carbocycles. The molecule has 108 valence electrons. The number of nitrogens with one attached hydrogen (secondary N) is 1. The lowest BCUT2D eigenvalue weighted by molar-refractivity contribution is -0.385. The molecule has 1 aromatic carbocycles. The van der Waals surface area contributed by atoms with Crippen molar-refractivity contribution in [2.24, 2.45) is 0 Å². The van der Waals surface area contributed by atoms with E-state index in [0.29, 0.717) is 11.8 Å². The van der Waals surface area contributed by atoms with Gasteiger partial charge in [-0.2, -0.15) is 17.4 Å². The Hall–Kier alpha value is -1.84. The summed E-state index contributed by atoms with van der Waals surface area (Å²) in [5.74, 6) is 0. The van der Waals surface area contributed by atoms with E-state index < -0.39 is 21.2 Å². The number of nitro benzene ring substituents is 1. The Morgan fingerprint density at radius 2 is 2.25 bits per heavy atom. The highest BCUT2D eigenvalue weighted by atomic mass is 32.2. The summed E-state index contributed by atoms with van der Waals surface area (Å²) in [6.07, 6.45) is 0.502. The van der Waals surface area contributed by atoms with Gasteiger partial charge in [-0.15, -0.1) is 0 Å². The zero-order chi connectivity index (χ0) is 14.9. The van der Waals surface area contributed by atoms with Crippen molar-refractivity contribution in [3.05, 3.63) is 39.4 Å². The number of benzene rings is 1. The van der Waals surface area contributed by atoms with Gasteiger partial charge >= 0.3 is 0 Å². The van der Waals surface area contributed by atoms with E-state index in [2.05, 4.69) is 4.72 Å². The van der Waals surface area contributed by atoms with E-state index in [1.54, 1.807) is 19.1 Å². The minimum atomic E-state index is -3.77. The topological polar surface area (TPSA) is 110 Å². The first-order valence-electron chi connectivity index (χ1n) is 5.80. The average molecular weight is 299 g/mol. The van der Waals surface area contributed by atoms with Crippen LogP contribution in [0.5, 0.6) is 0 Å². The first-order valence-corrected chi connectivity index (χ1v) is 7.24. The van der Waals surface area contributed by atoms with Gasteiger partial charge in [0.2, 0.25) is 0 Å². The average Bonchev–Trinajstić information content (AvgIpc) is 2.64. The molecule has 1 saturated heterocycles. The number of hydrogen-bond acceptors (Lipinski definition) is 5. The van der Waals surface area contributed by atoms with Crippen LogP contribution in [0.1, 0.15) is 11.1 Å². The SMILES string of the molecule is Cc1ccc([N+](=O)[O-])c(CN2CC(C=O)NS2(=O)=O)c1. The number of carbonyl (C=O) groups is 1. The Labute approximate surface area is 115 Å². The van der Waals surface area contributed by atoms with E-state index in [0.717, 1.165) is 9.87 Å². The molecule has 1 fully saturated rings. The van der Waals surface area contributed by atoms with Crippen LogP contribution < -0.4 is 4.72 Å². The fourth-order valence-corrected chi connectivity index (χ4v) is 3.38. The van der Waals surface area contributed by atoms with E-state index in [4.69, 9.17) is 0 Å². The molecule has 0 aliphatic carbocycles. The van der Waals surface area contributed by atoms with Gasteiger partial charge in [-0.05, 0) is 13.0 Å². The van der Waals surface area contributed by atoms with Crippen molar-refractivity contribution in [3.63, 3.8) is 0 Å². The maximum atomic E-state index is 11.8. The smallest absolute Gasteiger partial charge is 0.280 e. The van der Waals surface area contributed by atoms with Crippen LogP contribution in [0.2, 0.25) is 0 Å². The molecule has 0 bridgehead atoms. The minimum Gasteiger partial charge on any atom is -0.302 e. The highest BCUT2D eigenvalue weighted by Gasteiger charge is 2.36. The Bertz CT molecular complexity index is 658. The van der Waals surface area contributed by atoms with Gasteiger partial charge in [-0.1, -0.05) is 11.6 Å². The lowest BCUT2D eigenvalue weighted by Crippen LogP contribution is -2.30. The Morgan fingerprint density at radius 1 is 1.55 bits per heavy atom. The summed E-state index contributed by atoms with van der Waals surface area (Å²) in [6, 6.07) is 3.69. The monoisotopic (exact) mass is 299 g/mol. The van der Waals surface area contributed by atoms with Crippen molar-refractivity contribution in [2.45, 2.75) is 19.5 Å². The summed E-state index contributed by atoms with van der Waals surface area (Å²) in [7, 11) is -3.77. The van der Waals surface area contributed by atoms with Crippen LogP contribution in [0.4, 0.5) is 5.69 Å². The van der Waals surface area contributed by atoms with Gasteiger partial charge in [0, 0.05) is 24.7 Å². The Balaban J connectivity index is 2.33. The zero-order valence-corrected chi connectivity index (χ0v) is 11.5. The lowest BCUT2D eigenvalue weighted by Gasteiger charge is -2.13. The van der Waals surface area contributed by atoms with Gasteiger partial charge in [0.05, 0.1) is 11.0 Å². The van der Waals surface area contributed by atoms with Crippen LogP contribution in [0.25, 0.3) is 0 Å². The maximum Gasteiger partial charge on any atom is 0.280 e. The second-order valence-corrected chi connectivity index (χ2v) is 6.25. The Kier molecular flexibility index (Phi) is 3.84. The van der Waals surface area contributed by atoms with E-state index in [1.807, 2.05) is 0 Å². The largest absolute Gasteiger partial charge is 0.302 e. The fourth-order valence-electron chi connectivity index (χ4n) is 2.05. The molecule has 0 amide bonds. The third kappa shape index (κ3) is 2.84. The lowest BCUT2D eigenvalue weighted by atomic mass is 10.1. The summed E-state index contributed by atoms with van der Waals surface area (Å²) in [4.78, 5) is 21.1. The Morgan fingerprint density at radius 3 is 2.80 bits per heavy atom. The van der Waals surface area contributed by atoms with Crippen molar-refractivity contribution < 1.29 is 18.1 Å². The van der Waals surface area contributed by atoms with E-state index in [1.165, 1.54) is 6.07 Å². The summed E-state index contributed by atoms with van der Waals surface area (Å²) in [6.45, 7) is 1.59. The molecular weight excluding hydrogens is 286 g/mol. The van der Waals surface area contributed by atoms with Crippen LogP contribution in [0.15, 0.2) is 18.2 Å². The molecule has 0 aromatic heterocycles. The molecule has 1 aliphatic rings. The minimum absolute atomic E-state index is 0.0308. The van der Waals surface area contributed by atoms with Gasteiger partial charge in [0.1, 0.15) is 6.29 Å². The fraction of sp³-hybridized carbons (Fsp3) is 0.364. The number of nitrogens with zero attached hydrogens (tertiary/aromatic N) is 2. The number of aryl methyl sites for hydroxylation is 1. The first-order chi connectivity index (χ1) is 9.33. The van der Waals surface area contributed by atoms with Gasteiger partial charge < -0.3 is 4.79 Å². The van der Waals surface area contributed by atoms with Crippen molar-refractivity contribution in [3.8, 4) is 0 Å². The number of hydrogen-bond donors (Lipinski definition) is 1. The molecule has 9 heteroatoms. The van der Waals surface area contributed by atoms with Gasteiger partial charge in [-0.3, -0.25) is 10.1 Å². The van der Waals surface area contributed by atoms with Crippen molar-refractivity contribution >= 4 is 22.2 Å². The van der Waals surface area contributed by atoms with Crippen molar-refractivity contribution in [1.29, 1.82) is 0 Å². The summed E-state index contributed by atoms with van der Waals surface area (Å²) in [5, 5.41) is 11.0. The van der Waals surface area contributed by atoms with Crippen LogP contribution in [0, 0.1) is 17.0 Å². The van der Waals surface area contributed by atoms with Gasteiger partial charge in [-0.25, -0.2) is 0 Å². The molecule has 20 heavy (non-hydrogen) atoms. The van der Waals surface area contributed by atoms with Gasteiger partial charge in [0.15, 0.2) is 0 Å². The van der Waals surface area contributed by atoms with Crippen LogP contribution in [-0.4, -0.2) is 36.5 Å². The second kappa shape index (κ2) is 5.27. The van der Waals surface area contributed by atoms with Crippen LogP contribution >= 0.6 is 0 Å². The van der Waals surface area contributed by atoms with E-state index >= 15 is 0 Å². The van der Waals surface area contributed by atoms with Crippen molar-refractivity contribution in [2.75, 3.05) is 6.54 Å². The number of rotatable bonds is 4. The third-order valence-electron chi connectivity index (χ3n) is 2.98. The van der Waals surface area contributed by atoms with Crippen molar-refractivity contribution in [1.82, 2.24) is 9.03 Å². The highest BCUT2D eigenvalue weighted by Crippen LogP contribution is 2.23. The molecule has 1 unspecified atom stereocenters. The molecule has 2 rings (SSSR count). The second-order valence-electron chi connectivity index (χ2n) is 4.55. The number of aldehydes is 1. The number of carbonyl (C=O) groups excluding carboxylic acids is 1. The molecule has 8 nitrogen and oxygen atoms in total. The molecule has 1 aromatic rings. The first kappa shape index (κ1) is 14.6. The summed E-state index contributed by atoms with van der Waals surface area (Å²) >= 11 is 0. The zero-order valence-electron chi connectivity index (χ0n) is 10.6. The molecule has 1 heterocycles. The van der Waals surface area contributed by atoms with Crippen LogP contribution in [0.3, 0.4) is 0 Å². The molecule has 0 spiro atoms. The maximum absolute atomic E-state index is 11.8. The summed E-state index contributed by atoms with van der Waals surface area (Å²) < 4.78 is 26.8. The van der Waals surface area contributed by atoms with E-state index in [-0.39, 0.29) is 18.8 Å². The third-order valence-corrected chi connectivity index (χ3v) is 4.54. The quantitative estimate of drug-likeness (QED) is 0.482. The highest BCUT2D eigenvalue weighted by molar-refractivity contribution is 7.87. The normalized spacial score (nSPS) is 21.8. The predicted molar refractivity (Wildman–Crippen MR) is 70.2 cm³/mol.